The Hall–Kier alpha value is -2.18. The summed E-state index contributed by atoms with van der Waals surface area (Å²) in [5.41, 5.74) is 1.69. The Kier molecular flexibility index (Phi) is 5.27. The van der Waals surface area contributed by atoms with Gasteiger partial charge < -0.3 is 14.4 Å². The molecule has 0 bridgehead atoms. The van der Waals surface area contributed by atoms with Gasteiger partial charge in [0.25, 0.3) is 5.91 Å². The molecule has 2 aliphatic heterocycles. The summed E-state index contributed by atoms with van der Waals surface area (Å²) in [5.74, 6) is 0.0533. The van der Waals surface area contributed by atoms with Crippen molar-refractivity contribution in [1.82, 2.24) is 14.7 Å². The van der Waals surface area contributed by atoms with Gasteiger partial charge in [-0.15, -0.1) is 0 Å². The highest BCUT2D eigenvalue weighted by Crippen LogP contribution is 2.36. The van der Waals surface area contributed by atoms with Crippen LogP contribution in [0.5, 0.6) is 0 Å². The minimum Gasteiger partial charge on any atom is -0.375 e. The maximum Gasteiger partial charge on any atom is 0.272 e. The number of rotatable bonds is 4. The van der Waals surface area contributed by atoms with Crippen molar-refractivity contribution < 1.29 is 14.3 Å². The number of hydrogen-bond acceptors (Lipinski definition) is 4. The van der Waals surface area contributed by atoms with Crippen LogP contribution in [0.4, 0.5) is 0 Å². The number of carbonyl (C=O) groups is 1. The van der Waals surface area contributed by atoms with Crippen LogP contribution in [0.1, 0.15) is 41.7 Å². The fourth-order valence-corrected chi connectivity index (χ4v) is 4.12. The number of ether oxygens (including phenoxy) is 2. The molecule has 144 valence electrons. The number of carbonyl (C=O) groups excluding carboxylic acids is 1. The van der Waals surface area contributed by atoms with Crippen molar-refractivity contribution in [3.8, 4) is 0 Å². The van der Waals surface area contributed by atoms with E-state index in [4.69, 9.17) is 9.47 Å². The van der Waals surface area contributed by atoms with E-state index in [2.05, 4.69) is 17.2 Å². The van der Waals surface area contributed by atoms with Gasteiger partial charge in [0.05, 0.1) is 18.3 Å². The predicted octanol–water partition coefficient (Wildman–Crippen LogP) is 2.79. The molecule has 2 fully saturated rings. The van der Waals surface area contributed by atoms with Crippen molar-refractivity contribution in [2.24, 2.45) is 7.05 Å². The van der Waals surface area contributed by atoms with Crippen LogP contribution >= 0.6 is 0 Å². The van der Waals surface area contributed by atoms with Crippen molar-refractivity contribution >= 4 is 5.91 Å². The van der Waals surface area contributed by atoms with Crippen molar-refractivity contribution in [2.45, 2.75) is 44.0 Å². The predicted molar refractivity (Wildman–Crippen MR) is 101 cm³/mol. The van der Waals surface area contributed by atoms with Crippen molar-refractivity contribution in [3.05, 3.63) is 53.9 Å². The van der Waals surface area contributed by atoms with Crippen LogP contribution in [0, 0.1) is 0 Å². The van der Waals surface area contributed by atoms with Crippen LogP contribution in [0.15, 0.2) is 42.6 Å². The van der Waals surface area contributed by atoms with E-state index in [1.807, 2.05) is 23.1 Å². The first-order valence-corrected chi connectivity index (χ1v) is 9.72. The zero-order valence-corrected chi connectivity index (χ0v) is 15.8. The van der Waals surface area contributed by atoms with Crippen LogP contribution in [-0.4, -0.2) is 52.0 Å². The molecule has 0 N–H and O–H groups in total. The van der Waals surface area contributed by atoms with Gasteiger partial charge in [0.1, 0.15) is 5.69 Å². The van der Waals surface area contributed by atoms with Gasteiger partial charge in [0.15, 0.2) is 0 Å². The lowest BCUT2D eigenvalue weighted by Crippen LogP contribution is -2.52. The van der Waals surface area contributed by atoms with Gasteiger partial charge in [0.2, 0.25) is 0 Å². The number of benzene rings is 1. The highest BCUT2D eigenvalue weighted by atomic mass is 16.5. The third kappa shape index (κ3) is 4.06. The zero-order chi connectivity index (χ0) is 18.7. The standard InChI is InChI=1S/C21H27N3O3/c1-23-19(7-11-22-23)20(25)24-12-9-21(10-13-24)15-18(8-14-27-21)26-16-17-5-3-2-4-6-17/h2-7,11,18H,8-10,12-16H2,1H3. The number of nitrogens with zero attached hydrogens (tertiary/aromatic N) is 3. The number of likely N-dealkylation sites (tertiary alicyclic amines) is 1. The van der Waals surface area contributed by atoms with E-state index in [-0.39, 0.29) is 17.6 Å². The highest BCUT2D eigenvalue weighted by molar-refractivity contribution is 5.92. The monoisotopic (exact) mass is 369 g/mol. The van der Waals surface area contributed by atoms with Crippen LogP contribution in [-0.2, 0) is 23.1 Å². The van der Waals surface area contributed by atoms with Crippen LogP contribution < -0.4 is 0 Å². The average molecular weight is 369 g/mol. The van der Waals surface area contributed by atoms with E-state index in [0.717, 1.165) is 45.4 Å². The fourth-order valence-electron chi connectivity index (χ4n) is 4.12. The molecule has 27 heavy (non-hydrogen) atoms. The van der Waals surface area contributed by atoms with Crippen molar-refractivity contribution in [3.63, 3.8) is 0 Å². The zero-order valence-electron chi connectivity index (χ0n) is 15.8. The first kappa shape index (κ1) is 18.2. The van der Waals surface area contributed by atoms with Crippen molar-refractivity contribution in [2.75, 3.05) is 19.7 Å². The number of hydrogen-bond donors (Lipinski definition) is 0. The molecular weight excluding hydrogens is 342 g/mol. The summed E-state index contributed by atoms with van der Waals surface area (Å²) in [6.07, 6.45) is 5.46. The molecule has 6 heteroatoms. The quantitative estimate of drug-likeness (QED) is 0.832. The highest BCUT2D eigenvalue weighted by Gasteiger charge is 2.41. The maximum absolute atomic E-state index is 12.7. The third-order valence-electron chi connectivity index (χ3n) is 5.78. The molecule has 1 spiro atoms. The van der Waals surface area contributed by atoms with Crippen LogP contribution in [0.2, 0.25) is 0 Å². The summed E-state index contributed by atoms with van der Waals surface area (Å²) in [4.78, 5) is 14.6. The summed E-state index contributed by atoms with van der Waals surface area (Å²) in [5, 5.41) is 4.10. The molecule has 1 unspecified atom stereocenters. The summed E-state index contributed by atoms with van der Waals surface area (Å²) >= 11 is 0. The molecule has 6 nitrogen and oxygen atoms in total. The first-order valence-electron chi connectivity index (χ1n) is 9.72. The maximum atomic E-state index is 12.7. The Balaban J connectivity index is 1.32. The minimum atomic E-state index is -0.150. The lowest BCUT2D eigenvalue weighted by molar-refractivity contribution is -0.154. The lowest BCUT2D eigenvalue weighted by atomic mass is 9.83. The summed E-state index contributed by atoms with van der Waals surface area (Å²) in [7, 11) is 1.80. The first-order chi connectivity index (χ1) is 13.2. The Morgan fingerprint density at radius 1 is 1.26 bits per heavy atom. The normalized spacial score (nSPS) is 22.1. The molecule has 2 aliphatic rings. The topological polar surface area (TPSA) is 56.6 Å². The molecule has 2 saturated heterocycles. The second kappa shape index (κ2) is 7.82. The van der Waals surface area contributed by atoms with Gasteiger partial charge in [-0.3, -0.25) is 9.48 Å². The van der Waals surface area contributed by atoms with Gasteiger partial charge in [0, 0.05) is 39.4 Å². The molecule has 1 aromatic heterocycles. The van der Waals surface area contributed by atoms with Gasteiger partial charge in [-0.1, -0.05) is 30.3 Å². The molecule has 1 atom stereocenters. The van der Waals surface area contributed by atoms with E-state index < -0.39 is 0 Å². The molecule has 3 heterocycles. The summed E-state index contributed by atoms with van der Waals surface area (Å²) < 4.78 is 14.0. The Bertz CT molecular complexity index is 766. The summed E-state index contributed by atoms with van der Waals surface area (Å²) in [6, 6.07) is 12.1. The molecular formula is C21H27N3O3. The Morgan fingerprint density at radius 3 is 2.74 bits per heavy atom. The molecule has 2 aromatic rings. The van der Waals surface area contributed by atoms with Crippen LogP contribution in [0.25, 0.3) is 0 Å². The Labute approximate surface area is 160 Å². The lowest BCUT2D eigenvalue weighted by Gasteiger charge is -2.46. The summed E-state index contributed by atoms with van der Waals surface area (Å²) in [6.45, 7) is 2.81. The SMILES string of the molecule is Cn1nccc1C(=O)N1CCC2(CC1)CC(OCc1ccccc1)CCO2. The third-order valence-corrected chi connectivity index (χ3v) is 5.78. The number of amides is 1. The van der Waals surface area contributed by atoms with Gasteiger partial charge in [-0.05, 0) is 30.9 Å². The number of aromatic nitrogens is 2. The molecule has 1 amide bonds. The minimum absolute atomic E-state index is 0.0533. The number of aryl methyl sites for hydroxylation is 1. The molecule has 0 aliphatic carbocycles. The largest absolute Gasteiger partial charge is 0.375 e. The molecule has 0 saturated carbocycles. The molecule has 1 aromatic carbocycles. The van der Waals surface area contributed by atoms with E-state index in [9.17, 15) is 4.79 Å². The van der Waals surface area contributed by atoms with Gasteiger partial charge >= 0.3 is 0 Å². The second-order valence-corrected chi connectivity index (χ2v) is 7.58. The molecule has 4 rings (SSSR count). The Morgan fingerprint density at radius 2 is 2.04 bits per heavy atom. The van der Waals surface area contributed by atoms with E-state index >= 15 is 0 Å². The second-order valence-electron chi connectivity index (χ2n) is 7.58. The average Bonchev–Trinajstić information content (AvgIpc) is 3.13. The smallest absolute Gasteiger partial charge is 0.272 e. The van der Waals surface area contributed by atoms with Gasteiger partial charge in [-0.25, -0.2) is 0 Å². The fraction of sp³-hybridized carbons (Fsp3) is 0.524. The van der Waals surface area contributed by atoms with Gasteiger partial charge in [-0.2, -0.15) is 5.10 Å². The molecule has 0 radical (unpaired) electrons. The van der Waals surface area contributed by atoms with E-state index in [1.165, 1.54) is 5.56 Å². The van der Waals surface area contributed by atoms with Crippen LogP contribution in [0.3, 0.4) is 0 Å². The van der Waals surface area contributed by atoms with Crippen molar-refractivity contribution in [1.29, 1.82) is 0 Å². The number of piperidine rings is 1. The van der Waals surface area contributed by atoms with E-state index in [1.54, 1.807) is 24.0 Å². The van der Waals surface area contributed by atoms with E-state index in [0.29, 0.717) is 12.3 Å².